The van der Waals surface area contributed by atoms with Gasteiger partial charge in [-0.2, -0.15) is 0 Å². The predicted octanol–water partition coefficient (Wildman–Crippen LogP) is 4.02. The summed E-state index contributed by atoms with van der Waals surface area (Å²) in [5, 5.41) is 12.2. The van der Waals surface area contributed by atoms with Crippen molar-refractivity contribution in [1.29, 1.82) is 0 Å². The lowest BCUT2D eigenvalue weighted by molar-refractivity contribution is 0.167. The van der Waals surface area contributed by atoms with Crippen LogP contribution in [0.15, 0.2) is 48.5 Å². The summed E-state index contributed by atoms with van der Waals surface area (Å²) in [4.78, 5) is 13.8. The SMILES string of the molecule is Cc1ccc(Oc2ccccc2NC(=O)N(C)CCC(C)O)cc1. The second kappa shape index (κ2) is 8.36. The number of aliphatic hydroxyl groups is 1. The molecule has 0 radical (unpaired) electrons. The molecule has 2 aromatic carbocycles. The summed E-state index contributed by atoms with van der Waals surface area (Å²) in [6, 6.07) is 14.8. The maximum absolute atomic E-state index is 12.3. The third-order valence-corrected chi connectivity index (χ3v) is 3.61. The largest absolute Gasteiger partial charge is 0.455 e. The fourth-order valence-corrected chi connectivity index (χ4v) is 2.08. The lowest BCUT2D eigenvalue weighted by atomic mass is 10.2. The van der Waals surface area contributed by atoms with Crippen LogP contribution in [-0.4, -0.2) is 35.7 Å². The molecule has 2 aromatic rings. The van der Waals surface area contributed by atoms with E-state index in [1.807, 2.05) is 49.4 Å². The van der Waals surface area contributed by atoms with Crippen LogP contribution in [0.4, 0.5) is 10.5 Å². The van der Waals surface area contributed by atoms with E-state index >= 15 is 0 Å². The Labute approximate surface area is 142 Å². The van der Waals surface area contributed by atoms with Gasteiger partial charge in [0.15, 0.2) is 5.75 Å². The van der Waals surface area contributed by atoms with Gasteiger partial charge in [-0.3, -0.25) is 0 Å². The summed E-state index contributed by atoms with van der Waals surface area (Å²) < 4.78 is 5.87. The molecule has 0 aromatic heterocycles. The molecule has 0 spiro atoms. The Bertz CT molecular complexity index is 669. The van der Waals surface area contributed by atoms with Gasteiger partial charge < -0.3 is 20.1 Å². The van der Waals surface area contributed by atoms with E-state index in [-0.39, 0.29) is 6.03 Å². The van der Waals surface area contributed by atoms with Crippen molar-refractivity contribution < 1.29 is 14.6 Å². The number of nitrogens with one attached hydrogen (secondary N) is 1. The predicted molar refractivity (Wildman–Crippen MR) is 95.6 cm³/mol. The highest BCUT2D eigenvalue weighted by molar-refractivity contribution is 5.90. The first-order chi connectivity index (χ1) is 11.5. The molecule has 0 aliphatic rings. The zero-order valence-corrected chi connectivity index (χ0v) is 14.3. The fraction of sp³-hybridized carbons (Fsp3) is 0.316. The average Bonchev–Trinajstić information content (AvgIpc) is 2.56. The molecule has 0 aliphatic heterocycles. The van der Waals surface area contributed by atoms with Gasteiger partial charge in [-0.15, -0.1) is 0 Å². The first kappa shape index (κ1) is 17.8. The molecular formula is C19H24N2O3. The molecular weight excluding hydrogens is 304 g/mol. The van der Waals surface area contributed by atoms with Gasteiger partial charge in [0, 0.05) is 13.6 Å². The summed E-state index contributed by atoms with van der Waals surface area (Å²) in [5.41, 5.74) is 1.76. The van der Waals surface area contributed by atoms with Crippen molar-refractivity contribution in [2.45, 2.75) is 26.4 Å². The lowest BCUT2D eigenvalue weighted by Crippen LogP contribution is -2.33. The Kier molecular flexibility index (Phi) is 6.21. The van der Waals surface area contributed by atoms with E-state index in [1.54, 1.807) is 20.0 Å². The molecule has 0 aliphatic carbocycles. The Hall–Kier alpha value is -2.53. The molecule has 5 nitrogen and oxygen atoms in total. The fourth-order valence-electron chi connectivity index (χ4n) is 2.08. The zero-order chi connectivity index (χ0) is 17.5. The maximum Gasteiger partial charge on any atom is 0.321 e. The van der Waals surface area contributed by atoms with Crippen LogP contribution < -0.4 is 10.1 Å². The molecule has 0 bridgehead atoms. The van der Waals surface area contributed by atoms with Crippen LogP contribution in [0.2, 0.25) is 0 Å². The number of rotatable bonds is 6. The quantitative estimate of drug-likeness (QED) is 0.842. The second-order valence-electron chi connectivity index (χ2n) is 5.90. The minimum Gasteiger partial charge on any atom is -0.455 e. The van der Waals surface area contributed by atoms with E-state index < -0.39 is 6.10 Å². The zero-order valence-electron chi connectivity index (χ0n) is 14.3. The van der Waals surface area contributed by atoms with Gasteiger partial charge >= 0.3 is 6.03 Å². The van der Waals surface area contributed by atoms with Crippen LogP contribution in [0.3, 0.4) is 0 Å². The summed E-state index contributed by atoms with van der Waals surface area (Å²) in [7, 11) is 1.70. The topological polar surface area (TPSA) is 61.8 Å². The summed E-state index contributed by atoms with van der Waals surface area (Å²) in [6.07, 6.45) is 0.100. The molecule has 0 saturated heterocycles. The Morgan fingerprint density at radius 1 is 1.21 bits per heavy atom. The molecule has 2 rings (SSSR count). The van der Waals surface area contributed by atoms with Gasteiger partial charge in [-0.25, -0.2) is 4.79 Å². The minimum atomic E-state index is -0.433. The highest BCUT2D eigenvalue weighted by Crippen LogP contribution is 2.29. The van der Waals surface area contributed by atoms with Crippen LogP contribution in [0.25, 0.3) is 0 Å². The van der Waals surface area contributed by atoms with E-state index in [2.05, 4.69) is 5.32 Å². The van der Waals surface area contributed by atoms with Crippen molar-refractivity contribution in [3.05, 3.63) is 54.1 Å². The van der Waals surface area contributed by atoms with Crippen molar-refractivity contribution in [3.8, 4) is 11.5 Å². The Morgan fingerprint density at radius 3 is 2.54 bits per heavy atom. The molecule has 2 amide bonds. The van der Waals surface area contributed by atoms with E-state index in [0.717, 1.165) is 5.56 Å². The van der Waals surface area contributed by atoms with Crippen LogP contribution in [-0.2, 0) is 0 Å². The van der Waals surface area contributed by atoms with Crippen LogP contribution in [0.5, 0.6) is 11.5 Å². The lowest BCUT2D eigenvalue weighted by Gasteiger charge is -2.20. The molecule has 2 N–H and O–H groups in total. The third kappa shape index (κ3) is 5.28. The van der Waals surface area contributed by atoms with Gasteiger partial charge in [0.25, 0.3) is 0 Å². The number of benzene rings is 2. The smallest absolute Gasteiger partial charge is 0.321 e. The van der Waals surface area contributed by atoms with Gasteiger partial charge in [-0.1, -0.05) is 29.8 Å². The number of nitrogens with zero attached hydrogens (tertiary/aromatic N) is 1. The number of hydrogen-bond donors (Lipinski definition) is 2. The number of para-hydroxylation sites is 2. The molecule has 128 valence electrons. The molecule has 0 fully saturated rings. The first-order valence-electron chi connectivity index (χ1n) is 7.99. The normalized spacial score (nSPS) is 11.7. The van der Waals surface area contributed by atoms with Crippen LogP contribution in [0.1, 0.15) is 18.9 Å². The standard InChI is InChI=1S/C19H24N2O3/c1-14-8-10-16(11-9-14)24-18-7-5-4-6-17(18)20-19(23)21(3)13-12-15(2)22/h4-11,15,22H,12-13H2,1-3H3,(H,20,23). The molecule has 0 heterocycles. The van der Waals surface area contributed by atoms with Crippen molar-refractivity contribution in [2.75, 3.05) is 18.9 Å². The number of aryl methyl sites for hydroxylation is 1. The monoisotopic (exact) mass is 328 g/mol. The van der Waals surface area contributed by atoms with Crippen molar-refractivity contribution in [3.63, 3.8) is 0 Å². The van der Waals surface area contributed by atoms with Gasteiger partial charge in [0.2, 0.25) is 0 Å². The first-order valence-corrected chi connectivity index (χ1v) is 7.99. The van der Waals surface area contributed by atoms with E-state index in [1.165, 1.54) is 4.90 Å². The van der Waals surface area contributed by atoms with Crippen LogP contribution in [0, 0.1) is 6.92 Å². The number of aliphatic hydroxyl groups excluding tert-OH is 1. The second-order valence-corrected chi connectivity index (χ2v) is 5.90. The maximum atomic E-state index is 12.3. The van der Waals surface area contributed by atoms with Gasteiger partial charge in [-0.05, 0) is 44.5 Å². The van der Waals surface area contributed by atoms with Crippen molar-refractivity contribution >= 4 is 11.7 Å². The van der Waals surface area contributed by atoms with E-state index in [9.17, 15) is 9.90 Å². The number of amides is 2. The van der Waals surface area contributed by atoms with E-state index in [0.29, 0.717) is 30.2 Å². The summed E-state index contributed by atoms with van der Waals surface area (Å²) in [5.74, 6) is 1.29. The van der Waals surface area contributed by atoms with E-state index in [4.69, 9.17) is 4.74 Å². The van der Waals surface area contributed by atoms with Crippen molar-refractivity contribution in [1.82, 2.24) is 4.90 Å². The van der Waals surface area contributed by atoms with Gasteiger partial charge in [0.1, 0.15) is 5.75 Å². The molecule has 1 atom stereocenters. The summed E-state index contributed by atoms with van der Waals surface area (Å²) in [6.45, 7) is 4.20. The summed E-state index contributed by atoms with van der Waals surface area (Å²) >= 11 is 0. The van der Waals surface area contributed by atoms with Crippen LogP contribution >= 0.6 is 0 Å². The number of carbonyl (C=O) groups excluding carboxylic acids is 1. The molecule has 1 unspecified atom stereocenters. The highest BCUT2D eigenvalue weighted by atomic mass is 16.5. The molecule has 24 heavy (non-hydrogen) atoms. The number of urea groups is 1. The highest BCUT2D eigenvalue weighted by Gasteiger charge is 2.12. The number of hydrogen-bond acceptors (Lipinski definition) is 3. The molecule has 5 heteroatoms. The molecule has 0 saturated carbocycles. The average molecular weight is 328 g/mol. The number of ether oxygens (including phenoxy) is 1. The Balaban J connectivity index is 2.05. The van der Waals surface area contributed by atoms with Crippen molar-refractivity contribution in [2.24, 2.45) is 0 Å². The van der Waals surface area contributed by atoms with Gasteiger partial charge in [0.05, 0.1) is 11.8 Å². The number of carbonyl (C=O) groups is 1. The number of anilines is 1. The third-order valence-electron chi connectivity index (χ3n) is 3.61. The Morgan fingerprint density at radius 2 is 1.88 bits per heavy atom. The minimum absolute atomic E-state index is 0.240.